The molecular weight excluding hydrogens is 202 g/mol. The van der Waals surface area contributed by atoms with Crippen LogP contribution in [0.1, 0.15) is 6.92 Å². The van der Waals surface area contributed by atoms with Crippen LogP contribution in [-0.2, 0) is 11.3 Å². The maximum absolute atomic E-state index is 11.0. The molecule has 84 valence electrons. The van der Waals surface area contributed by atoms with Gasteiger partial charge in [0.05, 0.1) is 17.1 Å². The van der Waals surface area contributed by atoms with Gasteiger partial charge in [0.2, 0.25) is 5.91 Å². The number of aromatic nitrogens is 1. The molecule has 0 radical (unpaired) electrons. The molecule has 0 aliphatic rings. The number of fused-ring (bicyclic) bond motifs is 1. The third-order valence-corrected chi connectivity index (χ3v) is 2.78. The second-order valence-electron chi connectivity index (χ2n) is 4.06. The highest BCUT2D eigenvalue weighted by atomic mass is 16.1. The standard InChI is InChI=1S/C12H15N3O/c1-8(12(14)16)7-15-6-5-9-3-2-4-10(13)11(9)15/h2-6,8H,7,13H2,1H3,(H2,14,16). The molecular formula is C12H15N3O. The minimum Gasteiger partial charge on any atom is -0.397 e. The molecule has 4 N–H and O–H groups in total. The average molecular weight is 217 g/mol. The summed E-state index contributed by atoms with van der Waals surface area (Å²) in [5, 5.41) is 1.08. The summed E-state index contributed by atoms with van der Waals surface area (Å²) in [6, 6.07) is 7.75. The highest BCUT2D eigenvalue weighted by Crippen LogP contribution is 2.22. The van der Waals surface area contributed by atoms with Crippen LogP contribution in [0.2, 0.25) is 0 Å². The van der Waals surface area contributed by atoms with Crippen LogP contribution in [0.25, 0.3) is 10.9 Å². The SMILES string of the molecule is CC(Cn1ccc2cccc(N)c21)C(N)=O. The van der Waals surface area contributed by atoms with E-state index in [9.17, 15) is 4.79 Å². The van der Waals surface area contributed by atoms with Crippen molar-refractivity contribution in [1.29, 1.82) is 0 Å². The van der Waals surface area contributed by atoms with Crippen molar-refractivity contribution in [3.8, 4) is 0 Å². The molecule has 2 rings (SSSR count). The lowest BCUT2D eigenvalue weighted by Crippen LogP contribution is -2.24. The summed E-state index contributed by atoms with van der Waals surface area (Å²) in [6.45, 7) is 2.38. The zero-order valence-electron chi connectivity index (χ0n) is 9.18. The van der Waals surface area contributed by atoms with Crippen molar-refractivity contribution in [1.82, 2.24) is 4.57 Å². The van der Waals surface area contributed by atoms with E-state index in [-0.39, 0.29) is 11.8 Å². The van der Waals surface area contributed by atoms with Crippen LogP contribution in [-0.4, -0.2) is 10.5 Å². The number of amides is 1. The summed E-state index contributed by atoms with van der Waals surface area (Å²) in [5.41, 5.74) is 12.9. The predicted octanol–water partition coefficient (Wildman–Crippen LogP) is 1.34. The van der Waals surface area contributed by atoms with Gasteiger partial charge in [0.25, 0.3) is 0 Å². The topological polar surface area (TPSA) is 74.0 Å². The summed E-state index contributed by atoms with van der Waals surface area (Å²) >= 11 is 0. The summed E-state index contributed by atoms with van der Waals surface area (Å²) in [5.74, 6) is -0.494. The molecule has 0 saturated carbocycles. The Balaban J connectivity index is 2.42. The molecule has 0 aliphatic carbocycles. The van der Waals surface area contributed by atoms with E-state index in [1.807, 2.05) is 42.0 Å². The third kappa shape index (κ3) is 1.74. The fraction of sp³-hybridized carbons (Fsp3) is 0.250. The molecule has 0 saturated heterocycles. The maximum Gasteiger partial charge on any atom is 0.222 e. The highest BCUT2D eigenvalue weighted by molar-refractivity contribution is 5.90. The summed E-state index contributed by atoms with van der Waals surface area (Å²) in [6.07, 6.45) is 1.93. The average Bonchev–Trinajstić information content (AvgIpc) is 2.63. The molecule has 16 heavy (non-hydrogen) atoms. The van der Waals surface area contributed by atoms with Gasteiger partial charge in [0.1, 0.15) is 0 Å². The number of anilines is 1. The van der Waals surface area contributed by atoms with Gasteiger partial charge >= 0.3 is 0 Å². The quantitative estimate of drug-likeness (QED) is 0.761. The van der Waals surface area contributed by atoms with Crippen molar-refractivity contribution >= 4 is 22.5 Å². The van der Waals surface area contributed by atoms with E-state index < -0.39 is 0 Å². The third-order valence-electron chi connectivity index (χ3n) is 2.78. The molecule has 1 atom stereocenters. The summed E-state index contributed by atoms with van der Waals surface area (Å²) < 4.78 is 1.97. The fourth-order valence-electron chi connectivity index (χ4n) is 1.83. The van der Waals surface area contributed by atoms with Crippen molar-refractivity contribution in [2.75, 3.05) is 5.73 Å². The lowest BCUT2D eigenvalue weighted by atomic mass is 10.1. The van der Waals surface area contributed by atoms with Crippen molar-refractivity contribution in [3.63, 3.8) is 0 Å². The minimum absolute atomic E-state index is 0.199. The van der Waals surface area contributed by atoms with E-state index in [0.29, 0.717) is 6.54 Å². The number of hydrogen-bond acceptors (Lipinski definition) is 2. The number of nitrogens with zero attached hydrogens (tertiary/aromatic N) is 1. The Labute approximate surface area is 93.8 Å². The first-order chi connectivity index (χ1) is 7.59. The molecule has 1 heterocycles. The van der Waals surface area contributed by atoms with Gasteiger partial charge in [-0.1, -0.05) is 19.1 Å². The van der Waals surface area contributed by atoms with Crippen LogP contribution in [0.4, 0.5) is 5.69 Å². The first-order valence-electron chi connectivity index (χ1n) is 5.22. The number of rotatable bonds is 3. The number of carbonyl (C=O) groups is 1. The van der Waals surface area contributed by atoms with Crippen molar-refractivity contribution in [2.24, 2.45) is 11.7 Å². The zero-order valence-corrected chi connectivity index (χ0v) is 9.18. The summed E-state index contributed by atoms with van der Waals surface area (Å²) in [4.78, 5) is 11.0. The molecule has 0 aliphatic heterocycles. The number of benzene rings is 1. The zero-order chi connectivity index (χ0) is 11.7. The van der Waals surface area contributed by atoms with E-state index in [1.165, 1.54) is 0 Å². The fourth-order valence-corrected chi connectivity index (χ4v) is 1.83. The Kier molecular flexibility index (Phi) is 2.56. The molecule has 0 spiro atoms. The monoisotopic (exact) mass is 217 g/mol. The second kappa shape index (κ2) is 3.89. The summed E-state index contributed by atoms with van der Waals surface area (Å²) in [7, 11) is 0. The van der Waals surface area contributed by atoms with Gasteiger partial charge in [-0.25, -0.2) is 0 Å². The number of nitrogen functional groups attached to an aromatic ring is 1. The molecule has 1 amide bonds. The van der Waals surface area contributed by atoms with E-state index >= 15 is 0 Å². The smallest absolute Gasteiger partial charge is 0.222 e. The van der Waals surface area contributed by atoms with Crippen molar-refractivity contribution in [3.05, 3.63) is 30.5 Å². The van der Waals surface area contributed by atoms with E-state index in [1.54, 1.807) is 0 Å². The molecule has 0 fully saturated rings. The Bertz CT molecular complexity index is 530. The van der Waals surface area contributed by atoms with Gasteiger partial charge in [-0.15, -0.1) is 0 Å². The van der Waals surface area contributed by atoms with Crippen molar-refractivity contribution < 1.29 is 4.79 Å². The largest absolute Gasteiger partial charge is 0.397 e. The van der Waals surface area contributed by atoms with E-state index in [2.05, 4.69) is 0 Å². The Hall–Kier alpha value is -1.97. The highest BCUT2D eigenvalue weighted by Gasteiger charge is 2.11. The molecule has 1 aromatic carbocycles. The minimum atomic E-state index is -0.295. The van der Waals surface area contributed by atoms with E-state index in [0.717, 1.165) is 16.6 Å². The van der Waals surface area contributed by atoms with Crippen LogP contribution >= 0.6 is 0 Å². The van der Waals surface area contributed by atoms with Crippen LogP contribution in [0.3, 0.4) is 0 Å². The molecule has 1 aromatic heterocycles. The van der Waals surface area contributed by atoms with Gasteiger partial charge in [0, 0.05) is 18.1 Å². The lowest BCUT2D eigenvalue weighted by molar-refractivity contribution is -0.121. The number of carbonyl (C=O) groups excluding carboxylic acids is 1. The lowest BCUT2D eigenvalue weighted by Gasteiger charge is -2.11. The molecule has 2 aromatic rings. The number of nitrogens with two attached hydrogens (primary N) is 2. The number of para-hydroxylation sites is 1. The first kappa shape index (κ1) is 10.5. The van der Waals surface area contributed by atoms with E-state index in [4.69, 9.17) is 11.5 Å². The van der Waals surface area contributed by atoms with Gasteiger partial charge in [-0.2, -0.15) is 0 Å². The molecule has 0 bridgehead atoms. The van der Waals surface area contributed by atoms with Crippen LogP contribution in [0.15, 0.2) is 30.5 Å². The normalized spacial score (nSPS) is 12.8. The van der Waals surface area contributed by atoms with Gasteiger partial charge in [-0.3, -0.25) is 4.79 Å². The second-order valence-corrected chi connectivity index (χ2v) is 4.06. The maximum atomic E-state index is 11.0. The Morgan fingerprint density at radius 1 is 1.44 bits per heavy atom. The molecule has 1 unspecified atom stereocenters. The van der Waals surface area contributed by atoms with Crippen LogP contribution in [0.5, 0.6) is 0 Å². The predicted molar refractivity (Wildman–Crippen MR) is 64.7 cm³/mol. The number of primary amides is 1. The first-order valence-corrected chi connectivity index (χ1v) is 5.22. The van der Waals surface area contributed by atoms with Gasteiger partial charge in [0.15, 0.2) is 0 Å². The van der Waals surface area contributed by atoms with Gasteiger partial charge < -0.3 is 16.0 Å². The number of hydrogen-bond donors (Lipinski definition) is 2. The van der Waals surface area contributed by atoms with Gasteiger partial charge in [-0.05, 0) is 12.1 Å². The molecule has 4 nitrogen and oxygen atoms in total. The van der Waals surface area contributed by atoms with Crippen LogP contribution in [0, 0.1) is 5.92 Å². The Morgan fingerprint density at radius 2 is 2.19 bits per heavy atom. The molecule has 4 heteroatoms. The van der Waals surface area contributed by atoms with Crippen LogP contribution < -0.4 is 11.5 Å². The Morgan fingerprint density at radius 3 is 2.88 bits per heavy atom. The van der Waals surface area contributed by atoms with Crippen molar-refractivity contribution in [2.45, 2.75) is 13.5 Å².